The number of amides is 3. The number of carbonyl (C=O) groups excluding carboxylic acids is 3. The van der Waals surface area contributed by atoms with Gasteiger partial charge in [0.1, 0.15) is 11.6 Å². The van der Waals surface area contributed by atoms with E-state index in [4.69, 9.17) is 4.74 Å². The molecule has 3 saturated heterocycles. The molecule has 8 atom stereocenters. The Hall–Kier alpha value is -1.97. The topological polar surface area (TPSA) is 108 Å². The van der Waals surface area contributed by atoms with Crippen LogP contribution in [0.4, 0.5) is 0 Å². The molecule has 1 spiro atoms. The van der Waals surface area contributed by atoms with Gasteiger partial charge in [0.15, 0.2) is 0 Å². The van der Waals surface area contributed by atoms with E-state index < -0.39 is 35.6 Å². The van der Waals surface area contributed by atoms with Crippen molar-refractivity contribution in [2.24, 2.45) is 17.8 Å². The first-order valence-electron chi connectivity index (χ1n) is 14.2. The van der Waals surface area contributed by atoms with Crippen molar-refractivity contribution in [3.05, 3.63) is 35.9 Å². The summed E-state index contributed by atoms with van der Waals surface area (Å²) in [6, 6.07) is 8.31. The van der Waals surface area contributed by atoms with E-state index >= 15 is 0 Å². The Morgan fingerprint density at radius 1 is 1.18 bits per heavy atom. The predicted octanol–water partition coefficient (Wildman–Crippen LogP) is 2.91. The molecule has 9 heteroatoms. The van der Waals surface area contributed by atoms with Crippen molar-refractivity contribution < 1.29 is 24.2 Å². The molecule has 1 aromatic rings. The van der Waals surface area contributed by atoms with E-state index in [9.17, 15) is 19.5 Å². The average Bonchev–Trinajstić information content (AvgIpc) is 3.52. The molecule has 1 saturated carbocycles. The number of aliphatic hydroxyl groups excluding tert-OH is 1. The minimum Gasteiger partial charge on any atom is -0.394 e. The Labute approximate surface area is 233 Å². The first kappa shape index (κ1) is 27.6. The van der Waals surface area contributed by atoms with Crippen LogP contribution < -0.4 is 10.6 Å². The summed E-state index contributed by atoms with van der Waals surface area (Å²) in [6.45, 7) is 4.11. The van der Waals surface area contributed by atoms with Crippen LogP contribution in [0, 0.1) is 17.8 Å². The number of hydrogen-bond donors (Lipinski definition) is 3. The molecule has 5 rings (SSSR count). The summed E-state index contributed by atoms with van der Waals surface area (Å²) < 4.78 is 6.60. The van der Waals surface area contributed by atoms with Crippen molar-refractivity contribution in [2.75, 3.05) is 6.61 Å². The number of nitrogens with zero attached hydrogens (tertiary/aromatic N) is 1. The summed E-state index contributed by atoms with van der Waals surface area (Å²) in [5, 5.41) is 16.7. The van der Waals surface area contributed by atoms with Crippen molar-refractivity contribution in [3.8, 4) is 0 Å². The van der Waals surface area contributed by atoms with Crippen molar-refractivity contribution in [1.82, 2.24) is 15.5 Å². The van der Waals surface area contributed by atoms with E-state index in [0.29, 0.717) is 13.0 Å². The molecule has 3 aliphatic heterocycles. The van der Waals surface area contributed by atoms with Gasteiger partial charge in [0.25, 0.3) is 0 Å². The fraction of sp³-hybridized carbons (Fsp3) is 0.690. The van der Waals surface area contributed by atoms with Crippen LogP contribution in [0.2, 0.25) is 0 Å². The van der Waals surface area contributed by atoms with E-state index in [-0.39, 0.29) is 41.1 Å². The maximum absolute atomic E-state index is 14.3. The largest absolute Gasteiger partial charge is 0.394 e. The maximum atomic E-state index is 14.3. The van der Waals surface area contributed by atoms with E-state index in [2.05, 4.69) is 26.6 Å². The van der Waals surface area contributed by atoms with E-state index in [1.165, 1.54) is 6.42 Å². The molecular formula is C29H40BrN3O5. The number of ether oxygens (including phenoxy) is 1. The van der Waals surface area contributed by atoms with Crippen LogP contribution in [-0.4, -0.2) is 69.0 Å². The van der Waals surface area contributed by atoms with Gasteiger partial charge in [0, 0.05) is 17.4 Å². The highest BCUT2D eigenvalue weighted by atomic mass is 79.9. The van der Waals surface area contributed by atoms with Gasteiger partial charge in [0.2, 0.25) is 17.7 Å². The highest BCUT2D eigenvalue weighted by Gasteiger charge is 2.77. The molecule has 3 heterocycles. The third-order valence-electron chi connectivity index (χ3n) is 9.38. The van der Waals surface area contributed by atoms with Crippen molar-refractivity contribution >= 4 is 33.7 Å². The van der Waals surface area contributed by atoms with Gasteiger partial charge in [-0.25, -0.2) is 0 Å². The SMILES string of the molecule is CC[C@H](C)[C@H](CO)N1C(=O)[C@@H]2[C@H](C(=O)NCc3ccccc3)[C@H]3OC2(CC3Br)C1C(=O)NC1CCCCC1. The first-order valence-corrected chi connectivity index (χ1v) is 15.1. The molecule has 4 aliphatic rings. The molecule has 1 aromatic carbocycles. The van der Waals surface area contributed by atoms with Gasteiger partial charge in [-0.15, -0.1) is 0 Å². The van der Waals surface area contributed by atoms with Crippen LogP contribution in [0.1, 0.15) is 64.4 Å². The number of benzene rings is 1. The lowest BCUT2D eigenvalue weighted by molar-refractivity contribution is -0.147. The van der Waals surface area contributed by atoms with Gasteiger partial charge in [-0.3, -0.25) is 14.4 Å². The maximum Gasteiger partial charge on any atom is 0.246 e. The van der Waals surface area contributed by atoms with Gasteiger partial charge in [-0.2, -0.15) is 0 Å². The van der Waals surface area contributed by atoms with E-state index in [0.717, 1.165) is 37.7 Å². The summed E-state index contributed by atoms with van der Waals surface area (Å²) >= 11 is 3.73. The van der Waals surface area contributed by atoms with Gasteiger partial charge in [-0.1, -0.05) is 85.8 Å². The monoisotopic (exact) mass is 589 g/mol. The number of hydrogen-bond acceptors (Lipinski definition) is 5. The summed E-state index contributed by atoms with van der Waals surface area (Å²) in [5.74, 6) is -2.21. The summed E-state index contributed by atoms with van der Waals surface area (Å²) in [6.07, 6.45) is 5.88. The van der Waals surface area contributed by atoms with Crippen LogP contribution in [0.5, 0.6) is 0 Å². The molecule has 0 radical (unpaired) electrons. The fourth-order valence-electron chi connectivity index (χ4n) is 7.27. The molecule has 8 nitrogen and oxygen atoms in total. The second kappa shape index (κ2) is 11.3. The lowest BCUT2D eigenvalue weighted by Crippen LogP contribution is -2.60. The van der Waals surface area contributed by atoms with Gasteiger partial charge >= 0.3 is 0 Å². The number of rotatable bonds is 9. The molecule has 208 valence electrons. The minimum absolute atomic E-state index is 0.0218. The molecule has 3 amide bonds. The van der Waals surface area contributed by atoms with E-state index in [1.54, 1.807) is 4.90 Å². The Balaban J connectivity index is 1.47. The second-order valence-electron chi connectivity index (χ2n) is 11.6. The zero-order chi connectivity index (χ0) is 27.0. The molecule has 38 heavy (non-hydrogen) atoms. The van der Waals surface area contributed by atoms with Crippen molar-refractivity contribution in [1.29, 1.82) is 0 Å². The third kappa shape index (κ3) is 4.68. The molecular weight excluding hydrogens is 550 g/mol. The van der Waals surface area contributed by atoms with Gasteiger partial charge in [-0.05, 0) is 30.7 Å². The van der Waals surface area contributed by atoms with Crippen LogP contribution in [0.25, 0.3) is 0 Å². The normalized spacial score (nSPS) is 34.2. The molecule has 3 N–H and O–H groups in total. The highest BCUT2D eigenvalue weighted by molar-refractivity contribution is 9.09. The van der Waals surface area contributed by atoms with Gasteiger partial charge < -0.3 is 25.4 Å². The van der Waals surface area contributed by atoms with Crippen LogP contribution in [-0.2, 0) is 25.7 Å². The lowest BCUT2D eigenvalue weighted by Gasteiger charge is -2.39. The fourth-order valence-corrected chi connectivity index (χ4v) is 8.21. The third-order valence-corrected chi connectivity index (χ3v) is 10.2. The molecule has 4 fully saturated rings. The van der Waals surface area contributed by atoms with E-state index in [1.807, 2.05) is 44.2 Å². The highest BCUT2D eigenvalue weighted by Crippen LogP contribution is 2.60. The van der Waals surface area contributed by atoms with Crippen LogP contribution in [0.15, 0.2) is 30.3 Å². The summed E-state index contributed by atoms with van der Waals surface area (Å²) in [4.78, 5) is 43.4. The zero-order valence-corrected chi connectivity index (χ0v) is 23.9. The lowest BCUT2D eigenvalue weighted by atomic mass is 9.70. The number of fused-ring (bicyclic) bond motifs is 1. The van der Waals surface area contributed by atoms with Crippen molar-refractivity contribution in [2.45, 2.75) is 100.0 Å². The predicted molar refractivity (Wildman–Crippen MR) is 146 cm³/mol. The number of halogens is 1. The second-order valence-corrected chi connectivity index (χ2v) is 12.8. The zero-order valence-electron chi connectivity index (χ0n) is 22.3. The Kier molecular flexibility index (Phi) is 8.17. The minimum atomic E-state index is -1.11. The molecule has 1 aliphatic carbocycles. The molecule has 2 bridgehead atoms. The van der Waals surface area contributed by atoms with Gasteiger partial charge in [0.05, 0.1) is 30.6 Å². The number of aliphatic hydroxyl groups is 1. The average molecular weight is 591 g/mol. The standard InChI is InChI=1S/C29H40BrN3O5/c1-3-17(2)21(16-34)33-25(27(36)32-19-12-8-5-9-13-19)29-14-20(30)24(38-29)22(23(29)28(33)37)26(35)31-15-18-10-6-4-7-11-18/h4,6-7,10-11,17,19-25,34H,3,5,8-9,12-16H2,1-2H3,(H,31,35)(H,32,36)/t17-,20?,21-,22-,23-,24-,25?,29?/m0/s1. The van der Waals surface area contributed by atoms with Crippen LogP contribution in [0.3, 0.4) is 0 Å². The van der Waals surface area contributed by atoms with Crippen molar-refractivity contribution in [3.63, 3.8) is 0 Å². The summed E-state index contributed by atoms with van der Waals surface area (Å²) in [7, 11) is 0. The smallest absolute Gasteiger partial charge is 0.246 e. The molecule has 0 aromatic heterocycles. The number of carbonyl (C=O) groups is 3. The Morgan fingerprint density at radius 3 is 2.55 bits per heavy atom. The first-order chi connectivity index (χ1) is 18.3. The number of alkyl halides is 1. The summed E-state index contributed by atoms with van der Waals surface area (Å²) in [5.41, 5.74) is -0.138. The Bertz CT molecular complexity index is 1030. The Morgan fingerprint density at radius 2 is 1.89 bits per heavy atom. The van der Waals surface area contributed by atoms with Crippen LogP contribution >= 0.6 is 15.9 Å². The number of nitrogens with one attached hydrogen (secondary N) is 2. The number of likely N-dealkylation sites (tertiary alicyclic amines) is 1. The quantitative estimate of drug-likeness (QED) is 0.384. The molecule has 3 unspecified atom stereocenters.